The average molecular weight is 487 g/mol. The van der Waals surface area contributed by atoms with Crippen LogP contribution in [0, 0.1) is 0 Å². The fraction of sp³-hybridized carbons (Fsp3) is 0.407. The molecule has 8 rings (SSSR count). The van der Waals surface area contributed by atoms with E-state index in [1.807, 2.05) is 35.4 Å². The Balaban J connectivity index is 1.40. The van der Waals surface area contributed by atoms with E-state index in [1.165, 1.54) is 5.56 Å². The molecule has 0 spiro atoms. The van der Waals surface area contributed by atoms with Crippen LogP contribution in [0.5, 0.6) is 0 Å². The Labute approximate surface area is 212 Å². The predicted octanol–water partition coefficient (Wildman–Crippen LogP) is 3.06. The molecular weight excluding hydrogens is 452 g/mol. The standard InChI is InChI=1S/C27H34N8O/c1-20(2)35-11-10-28-25-7-6-22(17-30-25)24-8-9-29-27(32-24)31-23-5-3-4-21(16-23)18-33-12-14-34(15-13-33)19-26(35)36/h3-9,16-17,20H,10-15,18-19H2,1-2H3,(H,28,30)(H,29,31,32). The van der Waals surface area contributed by atoms with Crippen molar-refractivity contribution in [1.29, 1.82) is 0 Å². The summed E-state index contributed by atoms with van der Waals surface area (Å²) in [5.74, 6) is 1.52. The predicted molar refractivity (Wildman–Crippen MR) is 142 cm³/mol. The number of amides is 1. The second-order valence-corrected chi connectivity index (χ2v) is 9.68. The first kappa shape index (κ1) is 24.1. The van der Waals surface area contributed by atoms with E-state index in [4.69, 9.17) is 4.98 Å². The van der Waals surface area contributed by atoms with Crippen molar-refractivity contribution in [3.63, 3.8) is 0 Å². The summed E-state index contributed by atoms with van der Waals surface area (Å²) in [6.07, 6.45) is 3.57. The molecule has 1 aromatic carbocycles. The van der Waals surface area contributed by atoms with Crippen LogP contribution in [0.25, 0.3) is 11.3 Å². The number of pyridine rings is 1. The van der Waals surface area contributed by atoms with Gasteiger partial charge in [0.1, 0.15) is 5.82 Å². The molecule has 2 N–H and O–H groups in total. The highest BCUT2D eigenvalue weighted by molar-refractivity contribution is 5.78. The van der Waals surface area contributed by atoms with Crippen molar-refractivity contribution in [2.45, 2.75) is 26.4 Å². The van der Waals surface area contributed by atoms with Gasteiger partial charge in [0.25, 0.3) is 0 Å². The Hall–Kier alpha value is -3.56. The molecule has 3 aromatic rings. The Morgan fingerprint density at radius 3 is 2.47 bits per heavy atom. The minimum Gasteiger partial charge on any atom is -0.368 e. The Morgan fingerprint density at radius 2 is 1.72 bits per heavy atom. The van der Waals surface area contributed by atoms with E-state index in [9.17, 15) is 4.79 Å². The van der Waals surface area contributed by atoms with Crippen molar-refractivity contribution in [3.05, 3.63) is 60.4 Å². The van der Waals surface area contributed by atoms with Crippen LogP contribution in [0.15, 0.2) is 54.9 Å². The fourth-order valence-electron chi connectivity index (χ4n) is 4.73. The SMILES string of the molecule is CC(C)N1CCNc2ccc(cn2)-c2ccnc(n2)Nc2cccc(c2)CN2CCN(CC2)CC1=O. The van der Waals surface area contributed by atoms with Crippen LogP contribution in [-0.4, -0.2) is 87.4 Å². The molecule has 0 radical (unpaired) electrons. The fourth-order valence-corrected chi connectivity index (χ4v) is 4.73. The first-order chi connectivity index (χ1) is 17.5. The zero-order valence-corrected chi connectivity index (χ0v) is 21.0. The topological polar surface area (TPSA) is 89.5 Å². The Bertz CT molecular complexity index is 1170. The maximum absolute atomic E-state index is 13.1. The van der Waals surface area contributed by atoms with Crippen molar-refractivity contribution in [2.75, 3.05) is 56.4 Å². The van der Waals surface area contributed by atoms with Crippen LogP contribution in [-0.2, 0) is 11.3 Å². The molecule has 188 valence electrons. The summed E-state index contributed by atoms with van der Waals surface area (Å²) in [6, 6.07) is 14.4. The molecule has 1 amide bonds. The zero-order valence-electron chi connectivity index (χ0n) is 21.0. The lowest BCUT2D eigenvalue weighted by molar-refractivity contribution is -0.134. The maximum atomic E-state index is 13.1. The van der Waals surface area contributed by atoms with Crippen LogP contribution >= 0.6 is 0 Å². The molecule has 1 fully saturated rings. The monoisotopic (exact) mass is 486 g/mol. The number of carbonyl (C=O) groups excluding carboxylic acids is 1. The maximum Gasteiger partial charge on any atom is 0.237 e. The lowest BCUT2D eigenvalue weighted by atomic mass is 10.1. The van der Waals surface area contributed by atoms with Crippen LogP contribution in [0.3, 0.4) is 0 Å². The van der Waals surface area contributed by atoms with Gasteiger partial charge in [-0.2, -0.15) is 0 Å². The van der Waals surface area contributed by atoms with E-state index in [2.05, 4.69) is 62.4 Å². The van der Waals surface area contributed by atoms with Crippen molar-refractivity contribution in [2.24, 2.45) is 0 Å². The first-order valence-electron chi connectivity index (χ1n) is 12.7. The molecule has 0 unspecified atom stereocenters. The summed E-state index contributed by atoms with van der Waals surface area (Å²) >= 11 is 0. The second kappa shape index (κ2) is 11.0. The molecule has 9 heteroatoms. The highest BCUT2D eigenvalue weighted by atomic mass is 16.2. The van der Waals surface area contributed by atoms with Gasteiger partial charge in [-0.05, 0) is 49.7 Å². The molecule has 7 heterocycles. The molecule has 2 aromatic heterocycles. The molecular formula is C27H34N8O. The van der Waals surface area contributed by atoms with Crippen molar-refractivity contribution < 1.29 is 4.79 Å². The van der Waals surface area contributed by atoms with Crippen LogP contribution in [0.2, 0.25) is 0 Å². The number of nitrogens with one attached hydrogen (secondary N) is 2. The van der Waals surface area contributed by atoms with Gasteiger partial charge in [0.05, 0.1) is 12.2 Å². The number of nitrogens with zero attached hydrogens (tertiary/aromatic N) is 6. The summed E-state index contributed by atoms with van der Waals surface area (Å²) in [7, 11) is 0. The van der Waals surface area contributed by atoms with E-state index in [1.54, 1.807) is 6.20 Å². The summed E-state index contributed by atoms with van der Waals surface area (Å²) in [6.45, 7) is 10.4. The Morgan fingerprint density at radius 1 is 0.917 bits per heavy atom. The molecule has 0 saturated carbocycles. The van der Waals surface area contributed by atoms with E-state index in [0.29, 0.717) is 25.6 Å². The minimum atomic E-state index is 0.148. The van der Waals surface area contributed by atoms with Gasteiger partial charge < -0.3 is 15.5 Å². The van der Waals surface area contributed by atoms with Gasteiger partial charge in [-0.3, -0.25) is 14.6 Å². The summed E-state index contributed by atoms with van der Waals surface area (Å²) in [5, 5.41) is 6.70. The second-order valence-electron chi connectivity index (χ2n) is 9.68. The van der Waals surface area contributed by atoms with Crippen LogP contribution in [0.4, 0.5) is 17.5 Å². The summed E-state index contributed by atoms with van der Waals surface area (Å²) in [5.41, 5.74) is 3.92. The van der Waals surface area contributed by atoms with E-state index < -0.39 is 0 Å². The number of benzene rings is 1. The zero-order chi connectivity index (χ0) is 24.9. The smallest absolute Gasteiger partial charge is 0.237 e. The number of aromatic nitrogens is 3. The number of hydrogen-bond donors (Lipinski definition) is 2. The highest BCUT2D eigenvalue weighted by Crippen LogP contribution is 2.21. The van der Waals surface area contributed by atoms with Gasteiger partial charge in [-0.25, -0.2) is 15.0 Å². The third-order valence-corrected chi connectivity index (χ3v) is 6.73. The highest BCUT2D eigenvalue weighted by Gasteiger charge is 2.23. The molecule has 5 aliphatic heterocycles. The van der Waals surface area contributed by atoms with Crippen molar-refractivity contribution >= 4 is 23.4 Å². The number of rotatable bonds is 1. The van der Waals surface area contributed by atoms with Crippen LogP contribution in [0.1, 0.15) is 19.4 Å². The normalized spacial score (nSPS) is 20.9. The van der Waals surface area contributed by atoms with Gasteiger partial charge in [0.2, 0.25) is 11.9 Å². The number of carbonyl (C=O) groups is 1. The summed E-state index contributed by atoms with van der Waals surface area (Å²) < 4.78 is 0. The molecule has 5 aliphatic rings. The minimum absolute atomic E-state index is 0.148. The van der Waals surface area contributed by atoms with Gasteiger partial charge in [0, 0.05) is 75.5 Å². The van der Waals surface area contributed by atoms with Gasteiger partial charge >= 0.3 is 0 Å². The molecule has 36 heavy (non-hydrogen) atoms. The molecule has 9 nitrogen and oxygen atoms in total. The van der Waals surface area contributed by atoms with Gasteiger partial charge in [-0.15, -0.1) is 0 Å². The lowest BCUT2D eigenvalue weighted by Gasteiger charge is -2.36. The molecule has 1 saturated heterocycles. The first-order valence-corrected chi connectivity index (χ1v) is 12.7. The lowest BCUT2D eigenvalue weighted by Crippen LogP contribution is -2.51. The van der Waals surface area contributed by atoms with Gasteiger partial charge in [-0.1, -0.05) is 12.1 Å². The Kier molecular flexibility index (Phi) is 7.39. The third kappa shape index (κ3) is 5.98. The van der Waals surface area contributed by atoms with Crippen LogP contribution < -0.4 is 10.6 Å². The number of piperazine rings is 1. The number of anilines is 3. The molecule has 0 aliphatic carbocycles. The largest absolute Gasteiger partial charge is 0.368 e. The third-order valence-electron chi connectivity index (χ3n) is 6.73. The van der Waals surface area contributed by atoms with Gasteiger partial charge in [0.15, 0.2) is 0 Å². The molecule has 0 atom stereocenters. The van der Waals surface area contributed by atoms with Crippen molar-refractivity contribution in [3.8, 4) is 11.3 Å². The number of hydrogen-bond acceptors (Lipinski definition) is 8. The summed E-state index contributed by atoms with van der Waals surface area (Å²) in [4.78, 5) is 33.5. The van der Waals surface area contributed by atoms with E-state index in [0.717, 1.165) is 55.5 Å². The average Bonchev–Trinajstić information content (AvgIpc) is 2.88. The quantitative estimate of drug-likeness (QED) is 0.543. The molecule has 8 bridgehead atoms. The van der Waals surface area contributed by atoms with E-state index >= 15 is 0 Å². The van der Waals surface area contributed by atoms with E-state index in [-0.39, 0.29) is 11.9 Å². The van der Waals surface area contributed by atoms with Crippen molar-refractivity contribution in [1.82, 2.24) is 29.7 Å².